The lowest BCUT2D eigenvalue weighted by Gasteiger charge is -1.95. The highest BCUT2D eigenvalue weighted by Gasteiger charge is 2.11. The minimum Gasteiger partial charge on any atom is -0.350 e. The highest BCUT2D eigenvalue weighted by molar-refractivity contribution is 5.98. The summed E-state index contributed by atoms with van der Waals surface area (Å²) < 4.78 is 8.74. The van der Waals surface area contributed by atoms with Crippen molar-refractivity contribution >= 4 is 22.9 Å². The summed E-state index contributed by atoms with van der Waals surface area (Å²) >= 11 is 0. The number of benzene rings is 1. The number of non-ortho nitro benzene ring substituents is 1. The molecular weight excluding hydrogens is 196 g/mol. The van der Waals surface area contributed by atoms with Gasteiger partial charge in [-0.25, -0.2) is 0 Å². The maximum atomic E-state index is 11.0. The minimum absolute atomic E-state index is 0.0822. The molecule has 0 fully saturated rings. The zero-order valence-corrected chi connectivity index (χ0v) is 7.93. The van der Waals surface area contributed by atoms with Crippen LogP contribution in [0.4, 0.5) is 5.69 Å². The van der Waals surface area contributed by atoms with Gasteiger partial charge in [-0.3, -0.25) is 14.9 Å². The minimum atomic E-state index is -0.842. The van der Waals surface area contributed by atoms with Crippen molar-refractivity contribution in [1.29, 1.82) is 0 Å². The van der Waals surface area contributed by atoms with Gasteiger partial charge in [0.15, 0.2) is 6.26 Å². The van der Waals surface area contributed by atoms with Crippen molar-refractivity contribution < 1.29 is 11.1 Å². The Bertz CT molecular complexity index is 603. The fourth-order valence-electron chi connectivity index (χ4n) is 1.57. The van der Waals surface area contributed by atoms with Gasteiger partial charge in [0.1, 0.15) is 1.37 Å². The molecule has 0 N–H and O–H groups in total. The summed E-state index contributed by atoms with van der Waals surface area (Å²) in [5, 5.41) is 11.0. The highest BCUT2D eigenvalue weighted by atomic mass is 16.6. The van der Waals surface area contributed by atoms with Gasteiger partial charge < -0.3 is 4.57 Å². The molecular formula is C10H8N2O3. The number of hydrogen-bond donors (Lipinski definition) is 0. The monoisotopic (exact) mass is 205 g/mol. The molecule has 0 aliphatic rings. The van der Waals surface area contributed by atoms with Crippen LogP contribution in [-0.4, -0.2) is 15.8 Å². The van der Waals surface area contributed by atoms with Crippen LogP contribution in [0.1, 0.15) is 11.7 Å². The number of aromatic nitrogens is 1. The van der Waals surface area contributed by atoms with Crippen LogP contribution in [-0.2, 0) is 7.05 Å². The van der Waals surface area contributed by atoms with E-state index in [1.165, 1.54) is 18.3 Å². The topological polar surface area (TPSA) is 65.1 Å². The first-order chi connectivity index (χ1) is 7.50. The van der Waals surface area contributed by atoms with Crippen molar-refractivity contribution in [3.63, 3.8) is 0 Å². The quantitative estimate of drug-likeness (QED) is 0.427. The predicted molar refractivity (Wildman–Crippen MR) is 55.0 cm³/mol. The van der Waals surface area contributed by atoms with Gasteiger partial charge in [0, 0.05) is 41.8 Å². The Morgan fingerprint density at radius 3 is 2.93 bits per heavy atom. The van der Waals surface area contributed by atoms with Crippen LogP contribution >= 0.6 is 0 Å². The molecule has 0 aliphatic heterocycles. The van der Waals surface area contributed by atoms with Crippen LogP contribution in [0.2, 0.25) is 0 Å². The number of carbonyl (C=O) groups is 1. The van der Waals surface area contributed by atoms with Gasteiger partial charge in [-0.1, -0.05) is 0 Å². The molecule has 0 amide bonds. The van der Waals surface area contributed by atoms with Crippen LogP contribution in [0.25, 0.3) is 10.9 Å². The molecule has 0 saturated heterocycles. The van der Waals surface area contributed by atoms with Crippen LogP contribution in [0.3, 0.4) is 0 Å². The summed E-state index contributed by atoms with van der Waals surface area (Å²) in [6, 6.07) is 4.26. The molecule has 1 heterocycles. The number of nitro groups is 1. The average molecular weight is 205 g/mol. The second-order valence-electron chi connectivity index (χ2n) is 3.21. The van der Waals surface area contributed by atoms with Gasteiger partial charge >= 0.3 is 0 Å². The van der Waals surface area contributed by atoms with E-state index in [2.05, 4.69) is 0 Å². The fraction of sp³-hybridized carbons (Fsp3) is 0.100. The van der Waals surface area contributed by atoms with Crippen molar-refractivity contribution in [3.05, 3.63) is 40.1 Å². The van der Waals surface area contributed by atoms with E-state index in [-0.39, 0.29) is 11.3 Å². The molecule has 1 aromatic heterocycles. The first-order valence-corrected chi connectivity index (χ1v) is 4.25. The highest BCUT2D eigenvalue weighted by Crippen LogP contribution is 2.24. The number of aryl methyl sites for hydroxylation is 1. The number of fused-ring (bicyclic) bond motifs is 1. The molecule has 5 heteroatoms. The van der Waals surface area contributed by atoms with E-state index in [1.54, 1.807) is 17.7 Å². The molecule has 76 valence electrons. The largest absolute Gasteiger partial charge is 0.350 e. The van der Waals surface area contributed by atoms with Crippen molar-refractivity contribution in [3.8, 4) is 0 Å². The SMILES string of the molecule is [2H]C(=O)c1cn(C)c2ccc([N+](=O)[O-])cc12. The van der Waals surface area contributed by atoms with E-state index < -0.39 is 11.2 Å². The van der Waals surface area contributed by atoms with Crippen molar-refractivity contribution in [2.45, 2.75) is 0 Å². The molecule has 0 bridgehead atoms. The Kier molecular flexibility index (Phi) is 1.74. The van der Waals surface area contributed by atoms with Gasteiger partial charge in [0.05, 0.1) is 4.92 Å². The number of nitrogens with zero attached hydrogens (tertiary/aromatic N) is 2. The molecule has 0 radical (unpaired) electrons. The lowest BCUT2D eigenvalue weighted by Crippen LogP contribution is -1.88. The number of hydrogen-bond acceptors (Lipinski definition) is 3. The summed E-state index contributed by atoms with van der Waals surface area (Å²) in [6.45, 7) is 0. The standard InChI is InChI=1S/C10H8N2O3/c1-11-5-7(6-13)9-4-8(12(14)15)2-3-10(9)11/h2-6H,1H3/i6D. The second kappa shape index (κ2) is 3.20. The average Bonchev–Trinajstić information content (AvgIpc) is 2.56. The Hall–Kier alpha value is -2.17. The van der Waals surface area contributed by atoms with E-state index in [1.807, 2.05) is 0 Å². The number of aldehydes is 1. The molecule has 0 saturated carbocycles. The summed E-state index contributed by atoms with van der Waals surface area (Å²) in [5.74, 6) is 0. The summed E-state index contributed by atoms with van der Waals surface area (Å²) in [6.07, 6.45) is 0.662. The van der Waals surface area contributed by atoms with Gasteiger partial charge in [0.2, 0.25) is 0 Å². The van der Waals surface area contributed by atoms with Crippen LogP contribution in [0.5, 0.6) is 0 Å². The molecule has 0 unspecified atom stereocenters. The lowest BCUT2D eigenvalue weighted by atomic mass is 10.2. The first-order valence-electron chi connectivity index (χ1n) is 4.75. The number of nitro benzene ring substituents is 1. The molecule has 2 aromatic rings. The van der Waals surface area contributed by atoms with E-state index >= 15 is 0 Å². The van der Waals surface area contributed by atoms with Gasteiger partial charge in [-0.05, 0) is 6.07 Å². The fourth-order valence-corrected chi connectivity index (χ4v) is 1.57. The summed E-state index contributed by atoms with van der Waals surface area (Å²) in [5.41, 5.74) is 0.795. The lowest BCUT2D eigenvalue weighted by molar-refractivity contribution is -0.384. The van der Waals surface area contributed by atoms with Crippen LogP contribution in [0.15, 0.2) is 24.4 Å². The van der Waals surface area contributed by atoms with Crippen molar-refractivity contribution in [1.82, 2.24) is 4.57 Å². The molecule has 2 rings (SSSR count). The zero-order chi connectivity index (χ0) is 11.9. The maximum Gasteiger partial charge on any atom is 0.270 e. The number of carbonyl (C=O) groups excluding carboxylic acids is 1. The van der Waals surface area contributed by atoms with Gasteiger partial charge in [-0.15, -0.1) is 0 Å². The van der Waals surface area contributed by atoms with Crippen molar-refractivity contribution in [2.75, 3.05) is 0 Å². The van der Waals surface area contributed by atoms with Gasteiger partial charge in [-0.2, -0.15) is 0 Å². The summed E-state index contributed by atoms with van der Waals surface area (Å²) in [4.78, 5) is 21.1. The third kappa shape index (κ3) is 1.38. The van der Waals surface area contributed by atoms with Crippen LogP contribution in [0, 0.1) is 10.1 Å². The molecule has 15 heavy (non-hydrogen) atoms. The molecule has 0 spiro atoms. The molecule has 0 aliphatic carbocycles. The van der Waals surface area contributed by atoms with E-state index in [0.29, 0.717) is 10.9 Å². The first kappa shape index (κ1) is 8.16. The Labute approximate surface area is 86.5 Å². The second-order valence-corrected chi connectivity index (χ2v) is 3.21. The van der Waals surface area contributed by atoms with E-state index in [9.17, 15) is 14.9 Å². The zero-order valence-electron chi connectivity index (χ0n) is 8.93. The number of rotatable bonds is 2. The molecule has 0 atom stereocenters. The third-order valence-corrected chi connectivity index (χ3v) is 2.29. The summed E-state index contributed by atoms with van der Waals surface area (Å²) in [7, 11) is 1.72. The van der Waals surface area contributed by atoms with Crippen molar-refractivity contribution in [2.24, 2.45) is 7.05 Å². The Morgan fingerprint density at radius 1 is 1.60 bits per heavy atom. The molecule has 5 nitrogen and oxygen atoms in total. The maximum absolute atomic E-state index is 11.0. The third-order valence-electron chi connectivity index (χ3n) is 2.29. The Balaban J connectivity index is 2.79. The normalized spacial score (nSPS) is 11.4. The van der Waals surface area contributed by atoms with E-state index in [0.717, 1.165) is 0 Å². The predicted octanol–water partition coefficient (Wildman–Crippen LogP) is 1.90. The van der Waals surface area contributed by atoms with Crippen LogP contribution < -0.4 is 0 Å². The van der Waals surface area contributed by atoms with E-state index in [4.69, 9.17) is 1.37 Å². The van der Waals surface area contributed by atoms with Gasteiger partial charge in [0.25, 0.3) is 5.69 Å². The Morgan fingerprint density at radius 2 is 2.33 bits per heavy atom. The smallest absolute Gasteiger partial charge is 0.270 e. The molecule has 1 aromatic carbocycles.